The average Bonchev–Trinajstić information content (AvgIpc) is 2.14. The highest BCUT2D eigenvalue weighted by Gasteiger charge is 2.28. The van der Waals surface area contributed by atoms with Crippen molar-refractivity contribution in [3.63, 3.8) is 0 Å². The second-order valence-electron chi connectivity index (χ2n) is 3.54. The van der Waals surface area contributed by atoms with Crippen LogP contribution in [0.5, 0.6) is 0 Å². The SMILES string of the molecule is CCCC(O)(O)OC(=O)c1cc(Cl)cc(Cl)c1. The fraction of sp³-hybridized carbons (Fsp3) is 0.364. The van der Waals surface area contributed by atoms with Gasteiger partial charge in [0, 0.05) is 16.5 Å². The summed E-state index contributed by atoms with van der Waals surface area (Å²) in [4.78, 5) is 11.6. The minimum absolute atomic E-state index is 0.0612. The normalized spacial score (nSPS) is 11.4. The standard InChI is InChI=1S/C11H12Cl2O4/c1-2-3-11(15,16)17-10(14)7-4-8(12)6-9(13)5-7/h4-6,15-16H,2-3H2,1H3. The molecule has 6 heteroatoms. The van der Waals surface area contributed by atoms with Crippen molar-refractivity contribution in [3.8, 4) is 0 Å². The second-order valence-corrected chi connectivity index (χ2v) is 4.41. The van der Waals surface area contributed by atoms with E-state index in [4.69, 9.17) is 23.2 Å². The Labute approximate surface area is 109 Å². The van der Waals surface area contributed by atoms with Crippen molar-refractivity contribution in [2.75, 3.05) is 0 Å². The zero-order valence-corrected chi connectivity index (χ0v) is 10.6. The van der Waals surface area contributed by atoms with E-state index in [2.05, 4.69) is 4.74 Å². The smallest absolute Gasteiger partial charge is 0.342 e. The van der Waals surface area contributed by atoms with Crippen LogP contribution in [0.4, 0.5) is 0 Å². The van der Waals surface area contributed by atoms with Gasteiger partial charge in [-0.05, 0) is 24.6 Å². The van der Waals surface area contributed by atoms with Crippen LogP contribution >= 0.6 is 23.2 Å². The molecule has 17 heavy (non-hydrogen) atoms. The highest BCUT2D eigenvalue weighted by atomic mass is 35.5. The first-order valence-corrected chi connectivity index (χ1v) is 5.74. The van der Waals surface area contributed by atoms with E-state index in [-0.39, 0.29) is 22.0 Å². The maximum atomic E-state index is 11.6. The van der Waals surface area contributed by atoms with Gasteiger partial charge in [-0.1, -0.05) is 30.1 Å². The average molecular weight is 279 g/mol. The number of aliphatic hydroxyl groups is 2. The van der Waals surface area contributed by atoms with Crippen LogP contribution in [0.2, 0.25) is 10.0 Å². The Morgan fingerprint density at radius 2 is 1.82 bits per heavy atom. The Morgan fingerprint density at radius 1 is 1.29 bits per heavy atom. The quantitative estimate of drug-likeness (QED) is 0.656. The van der Waals surface area contributed by atoms with Crippen LogP contribution in [0.1, 0.15) is 30.1 Å². The molecule has 0 aliphatic carbocycles. The van der Waals surface area contributed by atoms with Gasteiger partial charge in [0.1, 0.15) is 0 Å². The number of hydrogen-bond donors (Lipinski definition) is 2. The molecule has 1 aromatic carbocycles. The molecule has 0 saturated carbocycles. The number of carbonyl (C=O) groups is 1. The second kappa shape index (κ2) is 5.69. The number of halogens is 2. The van der Waals surface area contributed by atoms with Gasteiger partial charge in [-0.25, -0.2) is 4.79 Å². The molecule has 0 radical (unpaired) electrons. The van der Waals surface area contributed by atoms with E-state index in [1.165, 1.54) is 18.2 Å². The van der Waals surface area contributed by atoms with Crippen molar-refractivity contribution >= 4 is 29.2 Å². The predicted octanol–water partition coefficient (Wildman–Crippen LogP) is 2.59. The Balaban J connectivity index is 2.83. The van der Waals surface area contributed by atoms with Gasteiger partial charge in [0.15, 0.2) is 0 Å². The Morgan fingerprint density at radius 3 is 2.29 bits per heavy atom. The van der Waals surface area contributed by atoms with Gasteiger partial charge < -0.3 is 14.9 Å². The zero-order valence-electron chi connectivity index (χ0n) is 9.11. The van der Waals surface area contributed by atoms with Crippen LogP contribution in [0.3, 0.4) is 0 Å². The van der Waals surface area contributed by atoms with E-state index in [1.54, 1.807) is 6.92 Å². The van der Waals surface area contributed by atoms with E-state index in [9.17, 15) is 15.0 Å². The molecule has 0 heterocycles. The van der Waals surface area contributed by atoms with Crippen LogP contribution in [0.15, 0.2) is 18.2 Å². The van der Waals surface area contributed by atoms with Crippen LogP contribution in [-0.2, 0) is 4.74 Å². The van der Waals surface area contributed by atoms with Gasteiger partial charge in [0.25, 0.3) is 0 Å². The topological polar surface area (TPSA) is 66.8 Å². The Bertz CT molecular complexity index is 398. The van der Waals surface area contributed by atoms with Gasteiger partial charge in [-0.15, -0.1) is 0 Å². The third kappa shape index (κ3) is 4.52. The van der Waals surface area contributed by atoms with E-state index in [1.807, 2.05) is 0 Å². The summed E-state index contributed by atoms with van der Waals surface area (Å²) in [5, 5.41) is 19.2. The van der Waals surface area contributed by atoms with Crippen molar-refractivity contribution in [2.24, 2.45) is 0 Å². The first-order valence-electron chi connectivity index (χ1n) is 4.98. The maximum absolute atomic E-state index is 11.6. The van der Waals surface area contributed by atoms with Crippen molar-refractivity contribution in [1.82, 2.24) is 0 Å². The molecule has 2 N–H and O–H groups in total. The first kappa shape index (κ1) is 14.3. The number of ether oxygens (including phenoxy) is 1. The molecule has 1 rings (SSSR count). The van der Waals surface area contributed by atoms with Crippen molar-refractivity contribution < 1.29 is 19.7 Å². The van der Waals surface area contributed by atoms with Gasteiger partial charge in [0.05, 0.1) is 5.56 Å². The molecule has 0 unspecified atom stereocenters. The molecular formula is C11H12Cl2O4. The van der Waals surface area contributed by atoms with Gasteiger partial charge in [-0.3, -0.25) is 0 Å². The van der Waals surface area contributed by atoms with E-state index < -0.39 is 11.9 Å². The van der Waals surface area contributed by atoms with Crippen molar-refractivity contribution in [1.29, 1.82) is 0 Å². The van der Waals surface area contributed by atoms with E-state index in [0.717, 1.165) is 0 Å². The van der Waals surface area contributed by atoms with Crippen LogP contribution in [0.25, 0.3) is 0 Å². The summed E-state index contributed by atoms with van der Waals surface area (Å²) >= 11 is 11.4. The summed E-state index contributed by atoms with van der Waals surface area (Å²) in [6.07, 6.45) is 0.379. The summed E-state index contributed by atoms with van der Waals surface area (Å²) in [6, 6.07) is 4.12. The Hall–Kier alpha value is -0.810. The van der Waals surface area contributed by atoms with Crippen molar-refractivity contribution in [3.05, 3.63) is 33.8 Å². The molecule has 0 fully saturated rings. The number of rotatable bonds is 4. The highest BCUT2D eigenvalue weighted by Crippen LogP contribution is 2.21. The predicted molar refractivity (Wildman–Crippen MR) is 64.0 cm³/mol. The molecule has 4 nitrogen and oxygen atoms in total. The molecule has 94 valence electrons. The minimum Gasteiger partial charge on any atom is -0.404 e. The number of benzene rings is 1. The molecule has 0 aliphatic heterocycles. The monoisotopic (exact) mass is 278 g/mol. The summed E-state index contributed by atoms with van der Waals surface area (Å²) in [5.41, 5.74) is 0.0612. The first-order chi connectivity index (χ1) is 7.84. The molecule has 1 aromatic rings. The summed E-state index contributed by atoms with van der Waals surface area (Å²) in [7, 11) is 0. The molecule has 0 aliphatic rings. The zero-order chi connectivity index (χ0) is 13.1. The lowest BCUT2D eigenvalue weighted by molar-refractivity contribution is -0.310. The number of esters is 1. The van der Waals surface area contributed by atoms with Gasteiger partial charge in [-0.2, -0.15) is 0 Å². The lowest BCUT2D eigenvalue weighted by Crippen LogP contribution is -2.34. The number of carbonyl (C=O) groups excluding carboxylic acids is 1. The van der Waals surface area contributed by atoms with E-state index >= 15 is 0 Å². The minimum atomic E-state index is -2.47. The van der Waals surface area contributed by atoms with Crippen LogP contribution in [0, 0.1) is 0 Å². The van der Waals surface area contributed by atoms with Crippen molar-refractivity contribution in [2.45, 2.75) is 25.7 Å². The lowest BCUT2D eigenvalue weighted by atomic mass is 10.2. The summed E-state index contributed by atoms with van der Waals surface area (Å²) in [6.45, 7) is 1.73. The highest BCUT2D eigenvalue weighted by molar-refractivity contribution is 6.35. The summed E-state index contributed by atoms with van der Waals surface area (Å²) in [5.74, 6) is -3.37. The lowest BCUT2D eigenvalue weighted by Gasteiger charge is -2.20. The molecule has 0 aromatic heterocycles. The van der Waals surface area contributed by atoms with Crippen LogP contribution in [-0.4, -0.2) is 22.2 Å². The fourth-order valence-electron chi connectivity index (χ4n) is 1.26. The molecule has 0 atom stereocenters. The van der Waals surface area contributed by atoms with Gasteiger partial charge >= 0.3 is 11.9 Å². The van der Waals surface area contributed by atoms with Gasteiger partial charge in [0.2, 0.25) is 0 Å². The third-order valence-corrected chi connectivity index (χ3v) is 2.37. The third-order valence-electron chi connectivity index (χ3n) is 1.93. The fourth-order valence-corrected chi connectivity index (χ4v) is 1.78. The summed E-state index contributed by atoms with van der Waals surface area (Å²) < 4.78 is 4.53. The molecule has 0 spiro atoms. The van der Waals surface area contributed by atoms with Crippen LogP contribution < -0.4 is 0 Å². The molecule has 0 saturated heterocycles. The molecule has 0 amide bonds. The molecule has 0 bridgehead atoms. The number of hydrogen-bond acceptors (Lipinski definition) is 4. The Kier molecular flexibility index (Phi) is 4.77. The maximum Gasteiger partial charge on any atom is 0.342 e. The van der Waals surface area contributed by atoms with E-state index in [0.29, 0.717) is 6.42 Å². The molecular weight excluding hydrogens is 267 g/mol. The largest absolute Gasteiger partial charge is 0.404 e.